The molecule has 0 aliphatic rings. The van der Waals surface area contributed by atoms with Crippen LogP contribution in [0.3, 0.4) is 0 Å². The predicted molar refractivity (Wildman–Crippen MR) is 137 cm³/mol. The number of rotatable bonds is 5. The molecule has 36 heavy (non-hydrogen) atoms. The highest BCUT2D eigenvalue weighted by atomic mass is 35.5. The van der Waals surface area contributed by atoms with Crippen LogP contribution in [0.15, 0.2) is 56.6 Å². The van der Waals surface area contributed by atoms with E-state index in [-0.39, 0.29) is 16.1 Å². The number of fused-ring (bicyclic) bond motifs is 1. The molecule has 0 radical (unpaired) electrons. The number of thiazole rings is 1. The number of hydrogen-bond donors (Lipinski definition) is 1. The van der Waals surface area contributed by atoms with Gasteiger partial charge in [0.25, 0.3) is 0 Å². The maximum Gasteiger partial charge on any atom is 0.417 e. The SMILES string of the molecule is CC(=O)c1cc(-c2c(C(F)(F)F)ccc(S(N)(=O)=O)c2Cl)cc(Cl)c1Sc1nc2cc(C)ccc2s1. The summed E-state index contributed by atoms with van der Waals surface area (Å²) in [5, 5.41) is 4.39. The summed E-state index contributed by atoms with van der Waals surface area (Å²) in [6, 6.07) is 9.45. The van der Waals surface area contributed by atoms with Crippen molar-refractivity contribution in [3.8, 4) is 11.1 Å². The van der Waals surface area contributed by atoms with E-state index in [4.69, 9.17) is 28.3 Å². The summed E-state index contributed by atoms with van der Waals surface area (Å²) in [4.78, 5) is 16.7. The van der Waals surface area contributed by atoms with Crippen molar-refractivity contribution in [2.45, 2.75) is 34.2 Å². The highest BCUT2D eigenvalue weighted by Crippen LogP contribution is 2.47. The van der Waals surface area contributed by atoms with Crippen molar-refractivity contribution in [2.24, 2.45) is 5.14 Å². The molecule has 1 aromatic heterocycles. The number of nitrogens with two attached hydrogens (primary N) is 1. The molecular formula is C23H15Cl2F3N2O3S3. The maximum absolute atomic E-state index is 13.8. The fourth-order valence-electron chi connectivity index (χ4n) is 3.55. The summed E-state index contributed by atoms with van der Waals surface area (Å²) in [5.74, 6) is -0.467. The summed E-state index contributed by atoms with van der Waals surface area (Å²) >= 11 is 15.1. The Kier molecular flexibility index (Phi) is 7.19. The van der Waals surface area contributed by atoms with Crippen LogP contribution in [-0.4, -0.2) is 19.2 Å². The third-order valence-corrected chi connectivity index (χ3v) is 9.25. The zero-order valence-corrected chi connectivity index (χ0v) is 22.4. The van der Waals surface area contributed by atoms with E-state index in [2.05, 4.69) is 4.98 Å². The second-order valence-electron chi connectivity index (χ2n) is 7.79. The van der Waals surface area contributed by atoms with Gasteiger partial charge in [0.15, 0.2) is 10.1 Å². The van der Waals surface area contributed by atoms with Gasteiger partial charge < -0.3 is 0 Å². The van der Waals surface area contributed by atoms with E-state index in [0.717, 1.165) is 27.5 Å². The number of alkyl halides is 3. The number of benzene rings is 3. The van der Waals surface area contributed by atoms with Crippen LogP contribution in [0, 0.1) is 6.92 Å². The largest absolute Gasteiger partial charge is 0.417 e. The van der Waals surface area contributed by atoms with Crippen LogP contribution < -0.4 is 5.14 Å². The second kappa shape index (κ2) is 9.62. The van der Waals surface area contributed by atoms with Crippen LogP contribution in [-0.2, 0) is 16.2 Å². The third kappa shape index (κ3) is 5.27. The minimum atomic E-state index is -4.88. The first kappa shape index (κ1) is 26.9. The van der Waals surface area contributed by atoms with Crippen LogP contribution in [0.2, 0.25) is 10.0 Å². The van der Waals surface area contributed by atoms with Crippen molar-refractivity contribution >= 4 is 72.3 Å². The van der Waals surface area contributed by atoms with Crippen LogP contribution in [0.25, 0.3) is 21.3 Å². The number of aryl methyl sites for hydroxylation is 1. The van der Waals surface area contributed by atoms with E-state index in [0.29, 0.717) is 21.4 Å². The average molecular weight is 591 g/mol. The van der Waals surface area contributed by atoms with Gasteiger partial charge in [-0.05, 0) is 61.4 Å². The lowest BCUT2D eigenvalue weighted by atomic mass is 9.96. The molecule has 0 atom stereocenters. The van der Waals surface area contributed by atoms with E-state index in [1.54, 1.807) is 0 Å². The van der Waals surface area contributed by atoms with Crippen LogP contribution in [0.5, 0.6) is 0 Å². The first-order chi connectivity index (χ1) is 16.7. The van der Waals surface area contributed by atoms with Crippen molar-refractivity contribution in [1.29, 1.82) is 0 Å². The van der Waals surface area contributed by atoms with Crippen molar-refractivity contribution in [3.63, 3.8) is 0 Å². The number of aromatic nitrogens is 1. The first-order valence-corrected chi connectivity index (χ1v) is 13.9. The molecule has 0 aliphatic heterocycles. The molecule has 4 aromatic rings. The number of primary sulfonamides is 1. The topological polar surface area (TPSA) is 90.1 Å². The van der Waals surface area contributed by atoms with Gasteiger partial charge in [-0.3, -0.25) is 4.79 Å². The number of Topliss-reactive ketones (excluding diaryl/α,β-unsaturated/α-hetero) is 1. The van der Waals surface area contributed by atoms with Gasteiger partial charge in [0, 0.05) is 16.0 Å². The predicted octanol–water partition coefficient (Wildman–Crippen LogP) is 7.60. The molecule has 0 fully saturated rings. The summed E-state index contributed by atoms with van der Waals surface area (Å²) in [7, 11) is -4.44. The number of carbonyl (C=O) groups is 1. The van der Waals surface area contributed by atoms with E-state index in [9.17, 15) is 26.4 Å². The summed E-state index contributed by atoms with van der Waals surface area (Å²) in [6.45, 7) is 3.18. The zero-order chi connectivity index (χ0) is 26.6. The quantitative estimate of drug-likeness (QED) is 0.242. The lowest BCUT2D eigenvalue weighted by Gasteiger charge is -2.18. The van der Waals surface area contributed by atoms with E-state index < -0.39 is 43.0 Å². The molecule has 13 heteroatoms. The standard InChI is InChI=1S/C23H15Cl2F3N2O3S3/c1-10-3-5-17-16(7-10)30-22(34-17)35-21-13(11(2)31)8-12(9-15(21)24)19-14(23(26,27)28)4-6-18(20(19)25)36(29,32)33/h3-9H,1-2H3,(H2,29,32,33). The minimum absolute atomic E-state index is 0.0247. The molecule has 5 nitrogen and oxygen atoms in total. The monoisotopic (exact) mass is 590 g/mol. The van der Waals surface area contributed by atoms with Crippen LogP contribution in [0.4, 0.5) is 13.2 Å². The Morgan fingerprint density at radius 1 is 1.11 bits per heavy atom. The van der Waals surface area contributed by atoms with Gasteiger partial charge >= 0.3 is 6.18 Å². The molecule has 0 bridgehead atoms. The molecule has 1 heterocycles. The normalized spacial score (nSPS) is 12.3. The third-order valence-electron chi connectivity index (χ3n) is 5.14. The number of sulfonamides is 1. The first-order valence-electron chi connectivity index (χ1n) is 9.99. The highest BCUT2D eigenvalue weighted by Gasteiger charge is 2.37. The Morgan fingerprint density at radius 3 is 2.42 bits per heavy atom. The molecule has 0 spiro atoms. The Morgan fingerprint density at radius 2 is 1.81 bits per heavy atom. The van der Waals surface area contributed by atoms with Gasteiger partial charge in [-0.15, -0.1) is 11.3 Å². The summed E-state index contributed by atoms with van der Waals surface area (Å²) in [5.41, 5.74) is -0.212. The molecule has 188 valence electrons. The minimum Gasteiger partial charge on any atom is -0.294 e. The van der Waals surface area contributed by atoms with E-state index >= 15 is 0 Å². The molecule has 0 saturated carbocycles. The smallest absolute Gasteiger partial charge is 0.294 e. The summed E-state index contributed by atoms with van der Waals surface area (Å²) < 4.78 is 66.9. The van der Waals surface area contributed by atoms with Crippen LogP contribution in [0.1, 0.15) is 28.4 Å². The molecule has 0 unspecified atom stereocenters. The number of ketones is 1. The number of halogens is 5. The maximum atomic E-state index is 13.8. The van der Waals surface area contributed by atoms with Gasteiger partial charge in [-0.2, -0.15) is 13.2 Å². The molecule has 0 amide bonds. The molecule has 0 aliphatic carbocycles. The molecule has 4 rings (SSSR count). The fourth-order valence-corrected chi connectivity index (χ4v) is 7.24. The van der Waals surface area contributed by atoms with Crippen molar-refractivity contribution in [2.75, 3.05) is 0 Å². The van der Waals surface area contributed by atoms with E-state index in [1.807, 2.05) is 25.1 Å². The zero-order valence-electron chi connectivity index (χ0n) is 18.4. The van der Waals surface area contributed by atoms with Crippen LogP contribution >= 0.6 is 46.3 Å². The summed E-state index contributed by atoms with van der Waals surface area (Å²) in [6.07, 6.45) is -4.88. The van der Waals surface area contributed by atoms with Gasteiger partial charge in [-0.1, -0.05) is 41.0 Å². The van der Waals surface area contributed by atoms with Crippen molar-refractivity contribution < 1.29 is 26.4 Å². The fraction of sp³-hybridized carbons (Fsp3) is 0.130. The second-order valence-corrected chi connectivity index (χ2v) is 12.4. The Labute approximate surface area is 222 Å². The van der Waals surface area contributed by atoms with Gasteiger partial charge in [0.1, 0.15) is 4.90 Å². The van der Waals surface area contributed by atoms with E-state index in [1.165, 1.54) is 30.4 Å². The average Bonchev–Trinajstić information content (AvgIpc) is 3.14. The Hall–Kier alpha value is -2.15. The van der Waals surface area contributed by atoms with Gasteiger partial charge in [0.05, 0.1) is 25.8 Å². The molecule has 3 aromatic carbocycles. The Bertz CT molecular complexity index is 1650. The lowest BCUT2D eigenvalue weighted by molar-refractivity contribution is -0.137. The number of nitrogens with zero attached hydrogens (tertiary/aromatic N) is 1. The molecule has 0 saturated heterocycles. The van der Waals surface area contributed by atoms with Gasteiger partial charge in [0.2, 0.25) is 10.0 Å². The van der Waals surface area contributed by atoms with Crippen molar-refractivity contribution in [1.82, 2.24) is 4.98 Å². The van der Waals surface area contributed by atoms with Gasteiger partial charge in [-0.25, -0.2) is 18.5 Å². The lowest BCUT2D eigenvalue weighted by Crippen LogP contribution is -2.15. The molecular weight excluding hydrogens is 576 g/mol. The number of carbonyl (C=O) groups excluding carboxylic acids is 1. The number of hydrogen-bond acceptors (Lipinski definition) is 6. The molecule has 2 N–H and O–H groups in total. The highest BCUT2D eigenvalue weighted by molar-refractivity contribution is 8.01. The van der Waals surface area contributed by atoms with Crippen molar-refractivity contribution in [3.05, 3.63) is 69.2 Å². The Balaban J connectivity index is 1.92.